The number of rotatable bonds is 5. The zero-order valence-electron chi connectivity index (χ0n) is 16.3. The maximum Gasteiger partial charge on any atom is 0.257 e. The van der Waals surface area contributed by atoms with Gasteiger partial charge < -0.3 is 18.6 Å². The Balaban J connectivity index is 1.58. The van der Waals surface area contributed by atoms with Crippen molar-refractivity contribution < 1.29 is 13.6 Å². The Morgan fingerprint density at radius 1 is 1.18 bits per heavy atom. The van der Waals surface area contributed by atoms with Crippen molar-refractivity contribution in [2.45, 2.75) is 12.8 Å². The predicted molar refractivity (Wildman–Crippen MR) is 104 cm³/mol. The Morgan fingerprint density at radius 2 is 1.96 bits per heavy atom. The van der Waals surface area contributed by atoms with Gasteiger partial charge in [-0.25, -0.2) is 0 Å². The molecule has 2 atom stereocenters. The summed E-state index contributed by atoms with van der Waals surface area (Å²) in [5, 5.41) is 8.54. The minimum atomic E-state index is -0.0136. The second kappa shape index (κ2) is 7.59. The number of aromatic nitrogens is 2. The molecule has 7 heteroatoms. The van der Waals surface area contributed by atoms with Gasteiger partial charge in [0.05, 0.1) is 17.7 Å². The molecule has 4 rings (SSSR count). The van der Waals surface area contributed by atoms with Gasteiger partial charge in [0.15, 0.2) is 0 Å². The lowest BCUT2D eigenvalue weighted by Gasteiger charge is -2.19. The zero-order valence-corrected chi connectivity index (χ0v) is 16.3. The minimum Gasteiger partial charge on any atom is -0.469 e. The van der Waals surface area contributed by atoms with Crippen LogP contribution in [0.1, 0.15) is 27.9 Å². The van der Waals surface area contributed by atoms with Crippen LogP contribution in [0.2, 0.25) is 0 Å². The van der Waals surface area contributed by atoms with E-state index in [1.807, 2.05) is 56.3 Å². The Kier molecular flexibility index (Phi) is 5.00. The summed E-state index contributed by atoms with van der Waals surface area (Å²) in [7, 11) is 4.07. The summed E-state index contributed by atoms with van der Waals surface area (Å²) in [5.74, 6) is 1.94. The molecule has 28 heavy (non-hydrogen) atoms. The zero-order chi connectivity index (χ0) is 19.7. The normalized spacial score (nSPS) is 19.5. The smallest absolute Gasteiger partial charge is 0.257 e. The van der Waals surface area contributed by atoms with Crippen molar-refractivity contribution >= 4 is 5.91 Å². The third-order valence-electron chi connectivity index (χ3n) is 5.20. The highest BCUT2D eigenvalue weighted by molar-refractivity contribution is 5.95. The summed E-state index contributed by atoms with van der Waals surface area (Å²) in [5.41, 5.74) is 1.50. The first-order valence-electron chi connectivity index (χ1n) is 9.40. The van der Waals surface area contributed by atoms with Crippen LogP contribution in [0.5, 0.6) is 0 Å². The number of hydrogen-bond acceptors (Lipinski definition) is 6. The lowest BCUT2D eigenvalue weighted by Crippen LogP contribution is -2.30. The van der Waals surface area contributed by atoms with Crippen LogP contribution in [0.4, 0.5) is 0 Å². The third-order valence-corrected chi connectivity index (χ3v) is 5.20. The molecule has 0 saturated carbocycles. The van der Waals surface area contributed by atoms with Crippen molar-refractivity contribution in [1.82, 2.24) is 20.0 Å². The molecule has 1 aromatic carbocycles. The van der Waals surface area contributed by atoms with Gasteiger partial charge in [0.25, 0.3) is 5.91 Å². The van der Waals surface area contributed by atoms with Gasteiger partial charge in [-0.3, -0.25) is 4.79 Å². The molecule has 3 heterocycles. The van der Waals surface area contributed by atoms with Gasteiger partial charge in [-0.15, -0.1) is 10.2 Å². The Hall–Kier alpha value is -2.93. The fourth-order valence-corrected chi connectivity index (χ4v) is 3.83. The van der Waals surface area contributed by atoms with Gasteiger partial charge in [0.1, 0.15) is 5.76 Å². The van der Waals surface area contributed by atoms with E-state index in [4.69, 9.17) is 8.83 Å². The molecule has 2 aromatic heterocycles. The standard InChI is InChI=1S/C21H24N4O3/c1-14-17(9-10-27-14)21(26)25-12-16(11-24(2)3)18(13-25)20-23-22-19(28-20)15-7-5-4-6-8-15/h4-10,16,18H,11-13H2,1-3H3/t16-,18-/m0/s1. The fraction of sp³-hybridized carbons (Fsp3) is 0.381. The quantitative estimate of drug-likeness (QED) is 0.677. The van der Waals surface area contributed by atoms with Gasteiger partial charge in [-0.05, 0) is 39.2 Å². The second-order valence-electron chi connectivity index (χ2n) is 7.54. The molecule has 1 amide bonds. The Bertz CT molecular complexity index is 947. The number of amides is 1. The predicted octanol–water partition coefficient (Wildman–Crippen LogP) is 3.06. The first-order chi connectivity index (χ1) is 13.5. The summed E-state index contributed by atoms with van der Waals surface area (Å²) in [6.45, 7) is 3.85. The first-order valence-corrected chi connectivity index (χ1v) is 9.40. The van der Waals surface area contributed by atoms with Crippen molar-refractivity contribution in [3.8, 4) is 11.5 Å². The van der Waals surface area contributed by atoms with Gasteiger partial charge in [-0.1, -0.05) is 18.2 Å². The van der Waals surface area contributed by atoms with E-state index in [0.29, 0.717) is 36.2 Å². The van der Waals surface area contributed by atoms with Crippen LogP contribution in [-0.2, 0) is 0 Å². The highest BCUT2D eigenvalue weighted by Gasteiger charge is 2.40. The van der Waals surface area contributed by atoms with Gasteiger partial charge in [-0.2, -0.15) is 0 Å². The summed E-state index contributed by atoms with van der Waals surface area (Å²) in [6.07, 6.45) is 1.55. The molecular formula is C21H24N4O3. The van der Waals surface area contributed by atoms with E-state index in [-0.39, 0.29) is 17.7 Å². The van der Waals surface area contributed by atoms with Gasteiger partial charge in [0.2, 0.25) is 11.8 Å². The molecule has 1 saturated heterocycles. The van der Waals surface area contributed by atoms with Crippen molar-refractivity contribution in [3.63, 3.8) is 0 Å². The largest absolute Gasteiger partial charge is 0.469 e. The molecule has 1 aliphatic rings. The highest BCUT2D eigenvalue weighted by atomic mass is 16.4. The number of nitrogens with zero attached hydrogens (tertiary/aromatic N) is 4. The van der Waals surface area contributed by atoms with Gasteiger partial charge >= 0.3 is 0 Å². The van der Waals surface area contributed by atoms with E-state index in [1.54, 1.807) is 12.3 Å². The van der Waals surface area contributed by atoms with E-state index in [9.17, 15) is 4.79 Å². The van der Waals surface area contributed by atoms with Crippen LogP contribution in [0.3, 0.4) is 0 Å². The molecule has 1 aliphatic heterocycles. The lowest BCUT2D eigenvalue weighted by atomic mass is 9.95. The molecule has 0 spiro atoms. The molecule has 0 aliphatic carbocycles. The average molecular weight is 380 g/mol. The third kappa shape index (κ3) is 3.57. The molecule has 0 radical (unpaired) electrons. The maximum atomic E-state index is 12.9. The van der Waals surface area contributed by atoms with Crippen molar-refractivity contribution in [2.75, 3.05) is 33.7 Å². The highest BCUT2D eigenvalue weighted by Crippen LogP contribution is 2.34. The lowest BCUT2D eigenvalue weighted by molar-refractivity contribution is 0.0782. The van der Waals surface area contributed by atoms with Crippen molar-refractivity contribution in [2.24, 2.45) is 5.92 Å². The summed E-state index contributed by atoms with van der Waals surface area (Å²) in [4.78, 5) is 16.9. The molecule has 0 N–H and O–H groups in total. The van der Waals surface area contributed by atoms with Crippen LogP contribution in [-0.4, -0.2) is 59.6 Å². The van der Waals surface area contributed by atoms with Crippen LogP contribution in [0, 0.1) is 12.8 Å². The number of furan rings is 1. The van der Waals surface area contributed by atoms with Gasteiger partial charge in [0, 0.05) is 31.1 Å². The van der Waals surface area contributed by atoms with Crippen LogP contribution in [0.25, 0.3) is 11.5 Å². The maximum absolute atomic E-state index is 12.9. The number of hydrogen-bond donors (Lipinski definition) is 0. The fourth-order valence-electron chi connectivity index (χ4n) is 3.83. The van der Waals surface area contributed by atoms with Crippen LogP contribution in [0.15, 0.2) is 51.5 Å². The Morgan fingerprint density at radius 3 is 2.64 bits per heavy atom. The minimum absolute atomic E-state index is 0.00326. The van der Waals surface area contributed by atoms with E-state index in [2.05, 4.69) is 15.1 Å². The van der Waals surface area contributed by atoms with Crippen molar-refractivity contribution in [3.05, 3.63) is 59.9 Å². The molecule has 7 nitrogen and oxygen atoms in total. The topological polar surface area (TPSA) is 75.6 Å². The monoisotopic (exact) mass is 380 g/mol. The number of benzene rings is 1. The summed E-state index contributed by atoms with van der Waals surface area (Å²) < 4.78 is 11.3. The number of carbonyl (C=O) groups is 1. The molecule has 0 bridgehead atoms. The molecule has 0 unspecified atom stereocenters. The number of likely N-dealkylation sites (tertiary alicyclic amines) is 1. The van der Waals surface area contributed by atoms with E-state index in [0.717, 1.165) is 12.1 Å². The van der Waals surface area contributed by atoms with E-state index < -0.39 is 0 Å². The van der Waals surface area contributed by atoms with E-state index >= 15 is 0 Å². The summed E-state index contributed by atoms with van der Waals surface area (Å²) >= 11 is 0. The average Bonchev–Trinajstić information content (AvgIpc) is 3.41. The summed E-state index contributed by atoms with van der Waals surface area (Å²) in [6, 6.07) is 11.5. The number of aryl methyl sites for hydroxylation is 1. The molecule has 146 valence electrons. The van der Waals surface area contributed by atoms with Crippen LogP contribution >= 0.6 is 0 Å². The van der Waals surface area contributed by atoms with Crippen LogP contribution < -0.4 is 0 Å². The molecule has 3 aromatic rings. The SMILES string of the molecule is Cc1occc1C(=O)N1C[C@H](CN(C)C)[C@@H](c2nnc(-c3ccccc3)o2)C1. The Labute approximate surface area is 164 Å². The van der Waals surface area contributed by atoms with E-state index in [1.165, 1.54) is 0 Å². The number of carbonyl (C=O) groups excluding carboxylic acids is 1. The second-order valence-corrected chi connectivity index (χ2v) is 7.54. The molecule has 1 fully saturated rings. The first kappa shape index (κ1) is 18.4. The van der Waals surface area contributed by atoms with Crippen molar-refractivity contribution in [1.29, 1.82) is 0 Å². The molecular weight excluding hydrogens is 356 g/mol.